The number of aromatic nitrogens is 16. The van der Waals surface area contributed by atoms with Gasteiger partial charge in [0.15, 0.2) is 29.0 Å². The molecule has 0 spiro atoms. The second-order valence-electron chi connectivity index (χ2n) is 14.6. The van der Waals surface area contributed by atoms with Crippen LogP contribution in [0.15, 0.2) is 84.5 Å². The van der Waals surface area contributed by atoms with E-state index in [2.05, 4.69) is 73.0 Å². The van der Waals surface area contributed by atoms with Crippen molar-refractivity contribution in [3.8, 4) is 63.2 Å². The summed E-state index contributed by atoms with van der Waals surface area (Å²) in [6, 6.07) is 17.2. The molecule has 0 aliphatic heterocycles. The maximum absolute atomic E-state index is 12.3. The monoisotopic (exact) mass is 1010 g/mol. The molecule has 71 heavy (non-hydrogen) atoms. The number of aryl methyl sites for hydroxylation is 4. The third kappa shape index (κ3) is 14.1. The van der Waals surface area contributed by atoms with Gasteiger partial charge in [0.05, 0.1) is 33.1 Å². The van der Waals surface area contributed by atoms with Crippen molar-refractivity contribution < 1.29 is 41.0 Å². The second-order valence-corrected chi connectivity index (χ2v) is 15.3. The summed E-state index contributed by atoms with van der Waals surface area (Å²) in [5.74, 6) is 3.97. The smallest absolute Gasteiger partial charge is 0.497 e. The minimum absolute atomic E-state index is 0.239. The molecule has 0 atom stereocenters. The molecular formula is C44H40ClF3N16O6S. The molecule has 6 heterocycles. The Kier molecular flexibility index (Phi) is 16.2. The number of ether oxygens (including phenoxy) is 4. The molecule has 0 unspecified atom stereocenters. The normalized spacial score (nSPS) is 11.4. The first-order chi connectivity index (χ1) is 34.2. The molecule has 0 N–H and O–H groups in total. The fourth-order valence-corrected chi connectivity index (χ4v) is 6.73. The third-order valence-corrected chi connectivity index (χ3v) is 9.85. The summed E-state index contributed by atoms with van der Waals surface area (Å²) in [4.78, 5) is 16.9. The maximum Gasteiger partial charge on any atom is 0.574 e. The highest BCUT2D eigenvalue weighted by atomic mass is 35.5. The number of rotatable bonds is 14. The van der Waals surface area contributed by atoms with Gasteiger partial charge in [-0.1, -0.05) is 0 Å². The van der Waals surface area contributed by atoms with Gasteiger partial charge in [-0.25, -0.2) is 38.6 Å². The van der Waals surface area contributed by atoms with Crippen LogP contribution >= 0.6 is 23.6 Å². The van der Waals surface area contributed by atoms with Gasteiger partial charge >= 0.3 is 6.36 Å². The van der Waals surface area contributed by atoms with Crippen LogP contribution < -0.4 is 23.2 Å². The lowest BCUT2D eigenvalue weighted by atomic mass is 10.1. The predicted octanol–water partition coefficient (Wildman–Crippen LogP) is 8.46. The Balaban J connectivity index is 0.000000157. The van der Waals surface area contributed by atoms with Crippen LogP contribution in [0, 0.1) is 20.8 Å². The first-order valence-electron chi connectivity index (χ1n) is 20.5. The topological polar surface area (TPSA) is 234 Å². The molecule has 366 valence electrons. The van der Waals surface area contributed by atoms with Gasteiger partial charge in [-0.05, 0) is 115 Å². The standard InChI is InChI=1S/C15H12F3N5O3.C15H16N6O.C14H12ClN5O2S/c1-9-5-10(7-11(6-9)24-2)13-19-8-23(20-13)4-3-12-14(22-26-21-12)25-15(16,17)18;1-11-6-12(8-13(7-11)22-3)15-17-10-21(19-15)5-4-14-16-9-20(2)18-14;1-9-5-10(7-11(6-9)21-2)13-16-8-20(17-13)4-3-12-14(22-15)19-23-18-12/h3-8H,1-2H3;4-10H,1-3H3;3-8H,1-2H3/b4-3-;5-4-;4-3-. The molecule has 9 aromatic rings. The van der Waals surface area contributed by atoms with Crippen LogP contribution in [-0.2, 0) is 7.05 Å². The SMILES string of the molecule is COc1cc(C)cc(-c2ncn(/C=C\c3ncn(C)n3)n2)c1.COc1cc(C)cc(-c2ncn(/C=C\c3nonc3OC(F)(F)F)n2)c1.COc1cc(C)cc(-c2ncn(/C=C\c3nsnc3OCl)n2)c1. The van der Waals surface area contributed by atoms with E-state index in [1.165, 1.54) is 23.3 Å². The molecular weight excluding hydrogens is 973 g/mol. The van der Waals surface area contributed by atoms with Gasteiger partial charge in [0.1, 0.15) is 60.1 Å². The van der Waals surface area contributed by atoms with Crippen molar-refractivity contribution in [2.24, 2.45) is 7.05 Å². The highest BCUT2D eigenvalue weighted by molar-refractivity contribution is 6.99. The predicted molar refractivity (Wildman–Crippen MR) is 254 cm³/mol. The summed E-state index contributed by atoms with van der Waals surface area (Å²) in [5, 5.41) is 23.6. The molecule has 0 aliphatic carbocycles. The quantitative estimate of drug-likeness (QED) is 0.0993. The molecule has 27 heteroatoms. The molecule has 3 aromatic carbocycles. The summed E-state index contributed by atoms with van der Waals surface area (Å²) in [6.07, 6.45) is 10.8. The Bertz CT molecular complexity index is 3280. The first kappa shape index (κ1) is 50.1. The largest absolute Gasteiger partial charge is 0.574 e. The number of halogens is 4. The Hall–Kier alpha value is -8.78. The van der Waals surface area contributed by atoms with Crippen LogP contribution in [0.2, 0.25) is 0 Å². The van der Waals surface area contributed by atoms with E-state index < -0.39 is 12.2 Å². The van der Waals surface area contributed by atoms with Crippen molar-refractivity contribution in [2.45, 2.75) is 27.1 Å². The van der Waals surface area contributed by atoms with E-state index in [0.29, 0.717) is 34.7 Å². The van der Waals surface area contributed by atoms with E-state index in [1.807, 2.05) is 76.3 Å². The zero-order chi connectivity index (χ0) is 50.5. The van der Waals surface area contributed by atoms with E-state index in [9.17, 15) is 13.2 Å². The molecule has 6 aromatic heterocycles. The zero-order valence-corrected chi connectivity index (χ0v) is 40.1. The van der Waals surface area contributed by atoms with E-state index in [0.717, 1.165) is 56.6 Å². The second kappa shape index (κ2) is 23.0. The molecule has 0 saturated heterocycles. The van der Waals surface area contributed by atoms with E-state index in [1.54, 1.807) is 85.0 Å². The van der Waals surface area contributed by atoms with Gasteiger partial charge in [-0.3, -0.25) is 4.68 Å². The van der Waals surface area contributed by atoms with E-state index in [4.69, 9.17) is 26.1 Å². The lowest BCUT2D eigenvalue weighted by molar-refractivity contribution is -0.276. The Morgan fingerprint density at radius 2 is 1.03 bits per heavy atom. The van der Waals surface area contributed by atoms with Gasteiger partial charge in [0.25, 0.3) is 11.8 Å². The van der Waals surface area contributed by atoms with Crippen molar-refractivity contribution in [1.29, 1.82) is 0 Å². The lowest BCUT2D eigenvalue weighted by Crippen LogP contribution is -2.17. The molecule has 0 radical (unpaired) electrons. The van der Waals surface area contributed by atoms with Gasteiger partial charge in [0, 0.05) is 48.4 Å². The Morgan fingerprint density at radius 3 is 1.45 bits per heavy atom. The minimum Gasteiger partial charge on any atom is -0.497 e. The van der Waals surface area contributed by atoms with Crippen LogP contribution in [0.5, 0.6) is 29.0 Å². The number of alkyl halides is 3. The fourth-order valence-electron chi connectivity index (χ4n) is 6.10. The summed E-state index contributed by atoms with van der Waals surface area (Å²) in [5.41, 5.74) is 5.96. The highest BCUT2D eigenvalue weighted by Gasteiger charge is 2.34. The number of hydrogen-bond acceptors (Lipinski definition) is 19. The molecule has 22 nitrogen and oxygen atoms in total. The molecule has 0 saturated carbocycles. The molecule has 0 bridgehead atoms. The minimum atomic E-state index is -4.90. The van der Waals surface area contributed by atoms with Crippen LogP contribution in [-0.4, -0.2) is 106 Å². The average molecular weight is 1010 g/mol. The molecule has 0 fully saturated rings. The third-order valence-electron chi connectivity index (χ3n) is 9.17. The summed E-state index contributed by atoms with van der Waals surface area (Å²) < 4.78 is 79.1. The van der Waals surface area contributed by atoms with Crippen molar-refractivity contribution in [3.63, 3.8) is 0 Å². The van der Waals surface area contributed by atoms with Crippen LogP contribution in [0.3, 0.4) is 0 Å². The molecule has 0 amide bonds. The van der Waals surface area contributed by atoms with Gasteiger partial charge in [-0.2, -0.15) is 9.47 Å². The summed E-state index contributed by atoms with van der Waals surface area (Å²) in [7, 11) is 6.65. The summed E-state index contributed by atoms with van der Waals surface area (Å²) >= 11 is 6.32. The zero-order valence-electron chi connectivity index (χ0n) is 38.5. The van der Waals surface area contributed by atoms with Crippen molar-refractivity contribution >= 4 is 60.4 Å². The van der Waals surface area contributed by atoms with Gasteiger partial charge in [0.2, 0.25) is 0 Å². The number of nitrogens with zero attached hydrogens (tertiary/aromatic N) is 16. The van der Waals surface area contributed by atoms with Gasteiger partial charge in [-0.15, -0.1) is 32.8 Å². The number of benzene rings is 3. The summed E-state index contributed by atoms with van der Waals surface area (Å²) in [6.45, 7) is 5.91. The fraction of sp³-hybridized carbons (Fsp3) is 0.182. The van der Waals surface area contributed by atoms with Crippen molar-refractivity contribution in [2.75, 3.05) is 21.3 Å². The lowest BCUT2D eigenvalue weighted by Gasteiger charge is -2.04. The van der Waals surface area contributed by atoms with Crippen LogP contribution in [0.1, 0.15) is 33.9 Å². The first-order valence-corrected chi connectivity index (χ1v) is 21.5. The number of methoxy groups -OCH3 is 3. The van der Waals surface area contributed by atoms with Crippen molar-refractivity contribution in [1.82, 2.24) is 78.1 Å². The van der Waals surface area contributed by atoms with E-state index in [-0.39, 0.29) is 11.6 Å². The highest BCUT2D eigenvalue weighted by Crippen LogP contribution is 2.27. The van der Waals surface area contributed by atoms with E-state index >= 15 is 0 Å². The van der Waals surface area contributed by atoms with Gasteiger partial charge < -0.3 is 23.2 Å². The molecule has 9 rings (SSSR count). The Morgan fingerprint density at radius 1 is 0.563 bits per heavy atom. The number of hydrogen-bond donors (Lipinski definition) is 0. The van der Waals surface area contributed by atoms with Crippen LogP contribution in [0.4, 0.5) is 13.2 Å². The van der Waals surface area contributed by atoms with Crippen molar-refractivity contribution in [3.05, 3.63) is 114 Å². The maximum atomic E-state index is 12.3. The average Bonchev–Trinajstić information content (AvgIpc) is 4.22. The Labute approximate surface area is 410 Å². The van der Waals surface area contributed by atoms with Crippen LogP contribution in [0.25, 0.3) is 71.0 Å². The molecule has 0 aliphatic rings.